The number of aromatic nitrogens is 2. The minimum absolute atomic E-state index is 0.493. The molecule has 1 aromatic heterocycles. The zero-order valence-corrected chi connectivity index (χ0v) is 5.81. The molecule has 0 saturated carbocycles. The second kappa shape index (κ2) is 2.53. The average Bonchev–Trinajstić information content (AvgIpc) is 1.94. The number of hydrogen-bond acceptors (Lipinski definition) is 3. The second-order valence-electron chi connectivity index (χ2n) is 2.02. The van der Waals surface area contributed by atoms with Crippen molar-refractivity contribution in [2.75, 3.05) is 0 Å². The van der Waals surface area contributed by atoms with Crippen LogP contribution in [-0.2, 0) is 0 Å². The molecule has 0 aliphatic heterocycles. The summed E-state index contributed by atoms with van der Waals surface area (Å²) < 4.78 is 0.586. The molecule has 5 nitrogen and oxygen atoms in total. The fraction of sp³-hybridized carbons (Fsp3) is 0.167. The summed E-state index contributed by atoms with van der Waals surface area (Å²) in [7, 11) is 0. The van der Waals surface area contributed by atoms with Crippen molar-refractivity contribution in [1.82, 2.24) is 9.55 Å². The van der Waals surface area contributed by atoms with Crippen LogP contribution in [0, 0.1) is 6.92 Å². The Morgan fingerprint density at radius 3 is 2.82 bits per heavy atom. The van der Waals surface area contributed by atoms with E-state index in [-0.39, 0.29) is 0 Å². The lowest BCUT2D eigenvalue weighted by Gasteiger charge is -1.96. The van der Waals surface area contributed by atoms with Gasteiger partial charge in [0, 0.05) is 6.20 Å². The van der Waals surface area contributed by atoms with Crippen LogP contribution in [-0.4, -0.2) is 20.8 Å². The smallest absolute Gasteiger partial charge is 0.418 e. The Hall–Kier alpha value is -1.65. The van der Waals surface area contributed by atoms with Gasteiger partial charge in [0.2, 0.25) is 0 Å². The number of carboxylic acid groups (broad SMARTS) is 1. The van der Waals surface area contributed by atoms with Crippen molar-refractivity contribution in [2.45, 2.75) is 6.92 Å². The van der Waals surface area contributed by atoms with E-state index < -0.39 is 11.7 Å². The first-order valence-corrected chi connectivity index (χ1v) is 2.90. The highest BCUT2D eigenvalue weighted by Gasteiger charge is 2.02. The molecule has 11 heavy (non-hydrogen) atoms. The van der Waals surface area contributed by atoms with Crippen molar-refractivity contribution in [2.24, 2.45) is 0 Å². The third-order valence-corrected chi connectivity index (χ3v) is 1.14. The Labute approximate surface area is 61.9 Å². The van der Waals surface area contributed by atoms with Gasteiger partial charge in [-0.3, -0.25) is 9.78 Å². The monoisotopic (exact) mass is 154 g/mol. The van der Waals surface area contributed by atoms with E-state index in [1.807, 2.05) is 0 Å². The summed E-state index contributed by atoms with van der Waals surface area (Å²) in [5, 5.41) is 8.43. The van der Waals surface area contributed by atoms with Crippen molar-refractivity contribution in [1.29, 1.82) is 0 Å². The molecule has 0 unspecified atom stereocenters. The van der Waals surface area contributed by atoms with E-state index in [1.165, 1.54) is 6.20 Å². The predicted molar refractivity (Wildman–Crippen MR) is 36.7 cm³/mol. The lowest BCUT2D eigenvalue weighted by Crippen LogP contribution is -2.25. The van der Waals surface area contributed by atoms with Crippen LogP contribution in [0.4, 0.5) is 4.79 Å². The predicted octanol–water partition coefficient (Wildman–Crippen LogP) is 0.0778. The normalized spacial score (nSPS) is 9.55. The molecule has 0 radical (unpaired) electrons. The standard InChI is InChI=1S/C6H6N2O3/c1-4-3-8(6(10)11)5(9)2-7-4/h2-3H,1H3,(H,10,11). The van der Waals surface area contributed by atoms with Gasteiger partial charge in [-0.2, -0.15) is 0 Å². The second-order valence-corrected chi connectivity index (χ2v) is 2.02. The van der Waals surface area contributed by atoms with Crippen LogP contribution in [0.25, 0.3) is 0 Å². The molecule has 0 fully saturated rings. The van der Waals surface area contributed by atoms with E-state index in [1.54, 1.807) is 6.92 Å². The minimum Gasteiger partial charge on any atom is -0.464 e. The highest BCUT2D eigenvalue weighted by atomic mass is 16.4. The fourth-order valence-corrected chi connectivity index (χ4v) is 0.653. The zero-order valence-electron chi connectivity index (χ0n) is 5.81. The van der Waals surface area contributed by atoms with Gasteiger partial charge in [-0.1, -0.05) is 0 Å². The maximum absolute atomic E-state index is 10.7. The molecule has 0 aliphatic rings. The Balaban J connectivity index is 3.35. The molecule has 1 N–H and O–H groups in total. The van der Waals surface area contributed by atoms with Gasteiger partial charge in [0.05, 0.1) is 11.9 Å². The summed E-state index contributed by atoms with van der Waals surface area (Å²) in [5.74, 6) is 0. The molecule has 1 rings (SSSR count). The Morgan fingerprint density at radius 1 is 1.73 bits per heavy atom. The minimum atomic E-state index is -1.29. The fourth-order valence-electron chi connectivity index (χ4n) is 0.653. The van der Waals surface area contributed by atoms with Crippen LogP contribution in [0.3, 0.4) is 0 Å². The molecule has 0 aromatic carbocycles. The SMILES string of the molecule is Cc1cn(C(=O)O)c(=O)cn1. The molecule has 0 atom stereocenters. The number of aryl methyl sites for hydroxylation is 1. The van der Waals surface area contributed by atoms with Crippen LogP contribution in [0.2, 0.25) is 0 Å². The van der Waals surface area contributed by atoms with E-state index in [0.717, 1.165) is 6.20 Å². The molecule has 0 amide bonds. The number of rotatable bonds is 0. The zero-order chi connectivity index (χ0) is 8.43. The van der Waals surface area contributed by atoms with Crippen molar-refractivity contribution in [3.63, 3.8) is 0 Å². The third-order valence-electron chi connectivity index (χ3n) is 1.14. The summed E-state index contributed by atoms with van der Waals surface area (Å²) in [5.41, 5.74) is -0.143. The highest BCUT2D eigenvalue weighted by molar-refractivity contribution is 5.67. The molecule has 1 aromatic rings. The lowest BCUT2D eigenvalue weighted by molar-refractivity contribution is 0.195. The number of nitrogens with zero attached hydrogens (tertiary/aromatic N) is 2. The van der Waals surface area contributed by atoms with Gasteiger partial charge in [0.25, 0.3) is 5.56 Å². The maximum atomic E-state index is 10.7. The van der Waals surface area contributed by atoms with Crippen LogP contribution < -0.4 is 5.56 Å². The van der Waals surface area contributed by atoms with Gasteiger partial charge < -0.3 is 5.11 Å². The third kappa shape index (κ3) is 1.43. The van der Waals surface area contributed by atoms with Crippen LogP contribution in [0.15, 0.2) is 17.2 Å². The van der Waals surface area contributed by atoms with Gasteiger partial charge >= 0.3 is 6.09 Å². The van der Waals surface area contributed by atoms with Gasteiger partial charge in [-0.25, -0.2) is 9.36 Å². The Kier molecular flexibility index (Phi) is 1.72. The van der Waals surface area contributed by atoms with Crippen molar-refractivity contribution in [3.8, 4) is 0 Å². The molecular formula is C6H6N2O3. The topological polar surface area (TPSA) is 72.2 Å². The lowest BCUT2D eigenvalue weighted by atomic mass is 10.5. The summed E-state index contributed by atoms with van der Waals surface area (Å²) in [4.78, 5) is 24.7. The van der Waals surface area contributed by atoms with Crippen LogP contribution in [0.1, 0.15) is 5.69 Å². The summed E-state index contributed by atoms with van der Waals surface area (Å²) in [6, 6.07) is 0. The molecule has 0 spiro atoms. The molecule has 1 heterocycles. The molecule has 0 aliphatic carbocycles. The Bertz CT molecular complexity index is 342. The largest absolute Gasteiger partial charge is 0.464 e. The van der Waals surface area contributed by atoms with E-state index >= 15 is 0 Å². The van der Waals surface area contributed by atoms with Crippen molar-refractivity contribution >= 4 is 6.09 Å². The first kappa shape index (κ1) is 7.46. The highest BCUT2D eigenvalue weighted by Crippen LogP contribution is 1.85. The molecular weight excluding hydrogens is 148 g/mol. The van der Waals surface area contributed by atoms with Crippen LogP contribution in [0.5, 0.6) is 0 Å². The van der Waals surface area contributed by atoms with Gasteiger partial charge in [0.1, 0.15) is 0 Å². The van der Waals surface area contributed by atoms with E-state index in [2.05, 4.69) is 4.98 Å². The average molecular weight is 154 g/mol. The summed E-state index contributed by atoms with van der Waals surface area (Å²) in [6.07, 6.45) is 0.856. The van der Waals surface area contributed by atoms with E-state index in [4.69, 9.17) is 5.11 Å². The number of carbonyl (C=O) groups is 1. The molecule has 5 heteroatoms. The summed E-state index contributed by atoms with van der Waals surface area (Å²) >= 11 is 0. The summed E-state index contributed by atoms with van der Waals surface area (Å²) in [6.45, 7) is 1.61. The molecule has 58 valence electrons. The van der Waals surface area contributed by atoms with E-state index in [0.29, 0.717) is 10.3 Å². The van der Waals surface area contributed by atoms with E-state index in [9.17, 15) is 9.59 Å². The quantitative estimate of drug-likeness (QED) is 0.574. The van der Waals surface area contributed by atoms with Crippen molar-refractivity contribution < 1.29 is 9.90 Å². The van der Waals surface area contributed by atoms with Crippen LogP contribution >= 0.6 is 0 Å². The van der Waals surface area contributed by atoms with Gasteiger partial charge in [-0.05, 0) is 6.92 Å². The first-order valence-electron chi connectivity index (χ1n) is 2.90. The first-order chi connectivity index (χ1) is 5.11. The van der Waals surface area contributed by atoms with Gasteiger partial charge in [-0.15, -0.1) is 0 Å². The van der Waals surface area contributed by atoms with Gasteiger partial charge in [0.15, 0.2) is 0 Å². The molecule has 0 saturated heterocycles. The molecule has 0 bridgehead atoms. The maximum Gasteiger partial charge on any atom is 0.418 e. The van der Waals surface area contributed by atoms with Crippen molar-refractivity contribution in [3.05, 3.63) is 28.4 Å². The Morgan fingerprint density at radius 2 is 2.36 bits per heavy atom. The number of hydrogen-bond donors (Lipinski definition) is 1.